The number of carboxylic acid groups (broad SMARTS) is 1. The Morgan fingerprint density at radius 1 is 1.33 bits per heavy atom. The molecule has 0 amide bonds. The van der Waals surface area contributed by atoms with E-state index in [0.717, 1.165) is 12.8 Å². The van der Waals surface area contributed by atoms with Crippen LogP contribution in [0, 0.1) is 13.8 Å². The maximum atomic E-state index is 11.2. The van der Waals surface area contributed by atoms with Gasteiger partial charge in [0.05, 0.1) is 6.42 Å². The zero-order valence-electron chi connectivity index (χ0n) is 11.0. The van der Waals surface area contributed by atoms with Crippen molar-refractivity contribution in [1.82, 2.24) is 0 Å². The molecule has 1 heterocycles. The monoisotopic (exact) mass is 248 g/mol. The van der Waals surface area contributed by atoms with Gasteiger partial charge in [-0.3, -0.25) is 4.79 Å². The van der Waals surface area contributed by atoms with Crippen LogP contribution in [-0.4, -0.2) is 24.3 Å². The van der Waals surface area contributed by atoms with Gasteiger partial charge in [-0.25, -0.2) is 0 Å². The van der Waals surface area contributed by atoms with Gasteiger partial charge in [0.1, 0.15) is 0 Å². The van der Waals surface area contributed by atoms with Crippen LogP contribution < -0.4 is 0 Å². The van der Waals surface area contributed by atoms with E-state index >= 15 is 0 Å². The van der Waals surface area contributed by atoms with Crippen LogP contribution in [-0.2, 0) is 14.9 Å². The molecule has 1 aromatic rings. The van der Waals surface area contributed by atoms with E-state index in [0.29, 0.717) is 13.2 Å². The molecule has 0 bridgehead atoms. The normalized spacial score (nSPS) is 18.6. The lowest BCUT2D eigenvalue weighted by Crippen LogP contribution is -2.36. The van der Waals surface area contributed by atoms with Crippen LogP contribution in [0.1, 0.15) is 36.0 Å². The Balaban J connectivity index is 2.41. The summed E-state index contributed by atoms with van der Waals surface area (Å²) in [5, 5.41) is 9.20. The molecule has 0 saturated carbocycles. The fourth-order valence-corrected chi connectivity index (χ4v) is 3.00. The molecule has 0 aromatic heterocycles. The molecule has 0 spiro atoms. The van der Waals surface area contributed by atoms with Crippen LogP contribution >= 0.6 is 0 Å². The van der Waals surface area contributed by atoms with Gasteiger partial charge < -0.3 is 9.84 Å². The number of aliphatic carboxylic acids is 1. The summed E-state index contributed by atoms with van der Waals surface area (Å²) in [7, 11) is 0. The average molecular weight is 248 g/mol. The molecular weight excluding hydrogens is 228 g/mol. The standard InChI is InChI=1S/C15H20O3/c1-11-3-4-13(12(2)9-11)15(10-14(16)17)5-7-18-8-6-15/h3-4,9H,5-8,10H2,1-2H3,(H,16,17). The molecule has 1 aliphatic heterocycles. The van der Waals surface area contributed by atoms with Crippen molar-refractivity contribution in [3.8, 4) is 0 Å². The third-order valence-electron chi connectivity index (χ3n) is 3.89. The van der Waals surface area contributed by atoms with Crippen molar-refractivity contribution in [2.45, 2.75) is 38.5 Å². The summed E-state index contributed by atoms with van der Waals surface area (Å²) in [6.07, 6.45) is 1.78. The summed E-state index contributed by atoms with van der Waals surface area (Å²) in [6.45, 7) is 5.44. The molecule has 1 aliphatic rings. The van der Waals surface area contributed by atoms with Gasteiger partial charge in [-0.2, -0.15) is 0 Å². The fourth-order valence-electron chi connectivity index (χ4n) is 3.00. The van der Waals surface area contributed by atoms with E-state index in [4.69, 9.17) is 4.74 Å². The predicted molar refractivity (Wildman–Crippen MR) is 69.9 cm³/mol. The van der Waals surface area contributed by atoms with E-state index in [9.17, 15) is 9.90 Å². The van der Waals surface area contributed by atoms with E-state index in [1.807, 2.05) is 0 Å². The van der Waals surface area contributed by atoms with Gasteiger partial charge in [0.25, 0.3) is 0 Å². The smallest absolute Gasteiger partial charge is 0.304 e. The molecule has 98 valence electrons. The van der Waals surface area contributed by atoms with Gasteiger partial charge in [0, 0.05) is 18.6 Å². The Morgan fingerprint density at radius 2 is 2.00 bits per heavy atom. The van der Waals surface area contributed by atoms with Crippen molar-refractivity contribution in [3.63, 3.8) is 0 Å². The molecule has 1 N–H and O–H groups in total. The number of hydrogen-bond acceptors (Lipinski definition) is 2. The van der Waals surface area contributed by atoms with Crippen LogP contribution in [0.4, 0.5) is 0 Å². The van der Waals surface area contributed by atoms with E-state index in [1.165, 1.54) is 16.7 Å². The molecule has 0 atom stereocenters. The SMILES string of the molecule is Cc1ccc(C2(CC(=O)O)CCOCC2)c(C)c1. The quantitative estimate of drug-likeness (QED) is 0.894. The number of carboxylic acids is 1. The number of rotatable bonds is 3. The highest BCUT2D eigenvalue weighted by Gasteiger charge is 2.37. The molecule has 1 aromatic carbocycles. The molecular formula is C15H20O3. The lowest BCUT2D eigenvalue weighted by Gasteiger charge is -2.37. The first-order valence-electron chi connectivity index (χ1n) is 6.41. The van der Waals surface area contributed by atoms with Gasteiger partial charge in [-0.15, -0.1) is 0 Å². The van der Waals surface area contributed by atoms with Crippen molar-refractivity contribution in [2.75, 3.05) is 13.2 Å². The minimum atomic E-state index is -0.725. The van der Waals surface area contributed by atoms with Crippen LogP contribution in [0.3, 0.4) is 0 Å². The first kappa shape index (κ1) is 13.1. The Labute approximate surface area is 108 Å². The number of hydrogen-bond donors (Lipinski definition) is 1. The summed E-state index contributed by atoms with van der Waals surface area (Å²) in [6, 6.07) is 6.30. The summed E-state index contributed by atoms with van der Waals surface area (Å²) in [5.74, 6) is -0.725. The van der Waals surface area contributed by atoms with Crippen molar-refractivity contribution in [1.29, 1.82) is 0 Å². The highest BCUT2D eigenvalue weighted by atomic mass is 16.5. The van der Waals surface area contributed by atoms with Gasteiger partial charge in [0.2, 0.25) is 0 Å². The number of ether oxygens (including phenoxy) is 1. The second-order valence-electron chi connectivity index (χ2n) is 5.28. The summed E-state index contributed by atoms with van der Waals surface area (Å²) < 4.78 is 5.40. The molecule has 0 aliphatic carbocycles. The summed E-state index contributed by atoms with van der Waals surface area (Å²) >= 11 is 0. The maximum Gasteiger partial charge on any atom is 0.304 e. The summed E-state index contributed by atoms with van der Waals surface area (Å²) in [4.78, 5) is 11.2. The molecule has 3 heteroatoms. The lowest BCUT2D eigenvalue weighted by atomic mass is 9.70. The number of benzene rings is 1. The summed E-state index contributed by atoms with van der Waals surface area (Å²) in [5.41, 5.74) is 3.34. The van der Waals surface area contributed by atoms with Gasteiger partial charge in [-0.1, -0.05) is 23.8 Å². The van der Waals surface area contributed by atoms with Gasteiger partial charge in [0.15, 0.2) is 0 Å². The molecule has 1 saturated heterocycles. The Hall–Kier alpha value is -1.35. The van der Waals surface area contributed by atoms with Crippen molar-refractivity contribution in [2.24, 2.45) is 0 Å². The van der Waals surface area contributed by atoms with Crippen LogP contribution in [0.5, 0.6) is 0 Å². The molecule has 0 unspecified atom stereocenters. The molecule has 18 heavy (non-hydrogen) atoms. The van der Waals surface area contributed by atoms with Crippen molar-refractivity contribution < 1.29 is 14.6 Å². The van der Waals surface area contributed by atoms with Crippen molar-refractivity contribution >= 4 is 5.97 Å². The predicted octanol–water partition coefficient (Wildman–Crippen LogP) is 2.83. The third kappa shape index (κ3) is 2.56. The van der Waals surface area contributed by atoms with Crippen LogP contribution in [0.25, 0.3) is 0 Å². The average Bonchev–Trinajstić information content (AvgIpc) is 2.28. The molecule has 2 rings (SSSR count). The van der Waals surface area contributed by atoms with E-state index in [-0.39, 0.29) is 11.8 Å². The minimum absolute atomic E-state index is 0.195. The third-order valence-corrected chi connectivity index (χ3v) is 3.89. The minimum Gasteiger partial charge on any atom is -0.481 e. The van der Waals surface area contributed by atoms with Crippen LogP contribution in [0.2, 0.25) is 0 Å². The zero-order valence-corrected chi connectivity index (χ0v) is 11.0. The number of carbonyl (C=O) groups is 1. The first-order valence-corrected chi connectivity index (χ1v) is 6.41. The Bertz CT molecular complexity index is 445. The number of aryl methyl sites for hydroxylation is 2. The Kier molecular flexibility index (Phi) is 3.71. The van der Waals surface area contributed by atoms with Crippen molar-refractivity contribution in [3.05, 3.63) is 34.9 Å². The lowest BCUT2D eigenvalue weighted by molar-refractivity contribution is -0.139. The molecule has 3 nitrogen and oxygen atoms in total. The fraction of sp³-hybridized carbons (Fsp3) is 0.533. The first-order chi connectivity index (χ1) is 8.53. The van der Waals surface area contributed by atoms with E-state index in [1.54, 1.807) is 0 Å². The zero-order chi connectivity index (χ0) is 13.2. The van der Waals surface area contributed by atoms with Gasteiger partial charge in [-0.05, 0) is 37.8 Å². The largest absolute Gasteiger partial charge is 0.481 e. The highest BCUT2D eigenvalue weighted by molar-refractivity contribution is 5.69. The van der Waals surface area contributed by atoms with Crippen LogP contribution in [0.15, 0.2) is 18.2 Å². The molecule has 1 fully saturated rings. The van der Waals surface area contributed by atoms with E-state index in [2.05, 4.69) is 32.0 Å². The molecule has 0 radical (unpaired) electrons. The second kappa shape index (κ2) is 5.11. The maximum absolute atomic E-state index is 11.2. The second-order valence-corrected chi connectivity index (χ2v) is 5.28. The Morgan fingerprint density at radius 3 is 2.56 bits per heavy atom. The topological polar surface area (TPSA) is 46.5 Å². The van der Waals surface area contributed by atoms with Gasteiger partial charge >= 0.3 is 5.97 Å². The highest BCUT2D eigenvalue weighted by Crippen LogP contribution is 2.39. The van der Waals surface area contributed by atoms with E-state index < -0.39 is 5.97 Å².